The van der Waals surface area contributed by atoms with Crippen LogP contribution in [-0.4, -0.2) is 26.7 Å². The van der Waals surface area contributed by atoms with Gasteiger partial charge in [0.2, 0.25) is 0 Å². The number of carbonyl (C=O) groups is 2. The summed E-state index contributed by atoms with van der Waals surface area (Å²) in [6.45, 7) is 2.09. The Morgan fingerprint density at radius 1 is 1.11 bits per heavy atom. The van der Waals surface area contributed by atoms with Crippen LogP contribution in [0.25, 0.3) is 0 Å². The minimum atomic E-state index is -0.770. The number of nitrogens with two attached hydrogens (primary N) is 2. The van der Waals surface area contributed by atoms with Crippen molar-refractivity contribution in [1.29, 1.82) is 0 Å². The van der Waals surface area contributed by atoms with Gasteiger partial charge in [0.1, 0.15) is 0 Å². The van der Waals surface area contributed by atoms with Crippen LogP contribution in [0.2, 0.25) is 10.0 Å². The van der Waals surface area contributed by atoms with Crippen LogP contribution in [0.15, 0.2) is 36.4 Å². The molecule has 7 nitrogen and oxygen atoms in total. The number of nitrogens with zero attached hydrogens (tertiary/aromatic N) is 3. The van der Waals surface area contributed by atoms with Gasteiger partial charge in [-0.05, 0) is 24.6 Å². The summed E-state index contributed by atoms with van der Waals surface area (Å²) < 4.78 is 1.30. The Hall–Kier alpha value is -2.90. The van der Waals surface area contributed by atoms with Crippen LogP contribution in [0.5, 0.6) is 0 Å². The average molecular weight is 404 g/mol. The highest BCUT2D eigenvalue weighted by atomic mass is 35.5. The largest absolute Gasteiger partial charge is 0.382 e. The molecule has 1 amide bonds. The first kappa shape index (κ1) is 18.9. The molecule has 4 N–H and O–H groups in total. The van der Waals surface area contributed by atoms with Crippen molar-refractivity contribution < 1.29 is 9.59 Å². The Kier molecular flexibility index (Phi) is 5.16. The van der Waals surface area contributed by atoms with Gasteiger partial charge in [-0.3, -0.25) is 9.59 Å². The summed E-state index contributed by atoms with van der Waals surface area (Å²) >= 11 is 12.6. The van der Waals surface area contributed by atoms with Gasteiger partial charge in [0.15, 0.2) is 17.3 Å². The molecule has 2 aromatic carbocycles. The summed E-state index contributed by atoms with van der Waals surface area (Å²) in [7, 11) is 0. The van der Waals surface area contributed by atoms with Gasteiger partial charge in [0, 0.05) is 5.56 Å². The lowest BCUT2D eigenvalue weighted by atomic mass is 10.0. The molecule has 0 aliphatic rings. The SMILES string of the molecule is Cc1ccc(C(=O)c2c(Cl)cc(Cn3nnc(C(N)=O)c3N)cc2Cl)cc1. The van der Waals surface area contributed by atoms with E-state index >= 15 is 0 Å². The molecule has 0 bridgehead atoms. The zero-order chi connectivity index (χ0) is 19.7. The third-order valence-corrected chi connectivity index (χ3v) is 4.58. The van der Waals surface area contributed by atoms with Gasteiger partial charge in [-0.15, -0.1) is 5.10 Å². The topological polar surface area (TPSA) is 117 Å². The third kappa shape index (κ3) is 3.79. The van der Waals surface area contributed by atoms with Gasteiger partial charge in [-0.25, -0.2) is 4.68 Å². The standard InChI is InChI=1S/C18H15Cl2N5O2/c1-9-2-4-11(5-3-9)16(26)14-12(19)6-10(7-13(14)20)8-25-17(21)15(18(22)27)23-24-25/h2-7H,8,21H2,1H3,(H2,22,27). The predicted molar refractivity (Wildman–Crippen MR) is 103 cm³/mol. The Labute approximate surface area is 164 Å². The molecule has 0 atom stereocenters. The first-order valence-corrected chi connectivity index (χ1v) is 8.61. The van der Waals surface area contributed by atoms with Gasteiger partial charge < -0.3 is 11.5 Å². The summed E-state index contributed by atoms with van der Waals surface area (Å²) in [6.07, 6.45) is 0. The molecule has 3 aromatic rings. The first-order chi connectivity index (χ1) is 12.8. The summed E-state index contributed by atoms with van der Waals surface area (Å²) in [5.74, 6) is -1.00. The number of anilines is 1. The number of halogens is 2. The fourth-order valence-corrected chi connectivity index (χ4v) is 3.27. The van der Waals surface area contributed by atoms with E-state index in [0.29, 0.717) is 11.1 Å². The number of ketones is 1. The van der Waals surface area contributed by atoms with Crippen LogP contribution in [-0.2, 0) is 6.54 Å². The minimum Gasteiger partial charge on any atom is -0.382 e. The Morgan fingerprint density at radius 3 is 2.22 bits per heavy atom. The molecule has 0 radical (unpaired) electrons. The van der Waals surface area contributed by atoms with Gasteiger partial charge in [-0.1, -0.05) is 58.2 Å². The Balaban J connectivity index is 1.92. The zero-order valence-electron chi connectivity index (χ0n) is 14.2. The molecule has 0 saturated carbocycles. The van der Waals surface area contributed by atoms with E-state index in [1.807, 2.05) is 19.1 Å². The number of aryl methyl sites for hydroxylation is 1. The fourth-order valence-electron chi connectivity index (χ4n) is 2.57. The molecule has 138 valence electrons. The smallest absolute Gasteiger partial charge is 0.273 e. The first-order valence-electron chi connectivity index (χ1n) is 7.86. The molecule has 0 aliphatic heterocycles. The lowest BCUT2D eigenvalue weighted by molar-refractivity contribution is 0.0994. The zero-order valence-corrected chi connectivity index (χ0v) is 15.8. The summed E-state index contributed by atoms with van der Waals surface area (Å²) in [5, 5.41) is 7.85. The van der Waals surface area contributed by atoms with Crippen LogP contribution in [0.3, 0.4) is 0 Å². The molecular formula is C18H15Cl2N5O2. The van der Waals surface area contributed by atoms with Gasteiger partial charge in [-0.2, -0.15) is 0 Å². The average Bonchev–Trinajstić information content (AvgIpc) is 2.95. The molecule has 1 aromatic heterocycles. The maximum absolute atomic E-state index is 12.7. The monoisotopic (exact) mass is 403 g/mol. The molecule has 9 heteroatoms. The second-order valence-corrected chi connectivity index (χ2v) is 6.79. The van der Waals surface area contributed by atoms with Gasteiger partial charge >= 0.3 is 0 Å². The van der Waals surface area contributed by atoms with Crippen molar-refractivity contribution in [2.75, 3.05) is 5.73 Å². The number of amides is 1. The number of aromatic nitrogens is 3. The number of benzene rings is 2. The van der Waals surface area contributed by atoms with Crippen molar-refractivity contribution in [3.05, 3.63) is 74.4 Å². The van der Waals surface area contributed by atoms with Crippen LogP contribution in [0, 0.1) is 6.92 Å². The van der Waals surface area contributed by atoms with Gasteiger partial charge in [0.25, 0.3) is 5.91 Å². The minimum absolute atomic E-state index is 0.0366. The quantitative estimate of drug-likeness (QED) is 0.635. The second kappa shape index (κ2) is 7.38. The molecule has 0 aliphatic carbocycles. The lowest BCUT2D eigenvalue weighted by Gasteiger charge is -2.10. The summed E-state index contributed by atoms with van der Waals surface area (Å²) in [5.41, 5.74) is 13.3. The maximum Gasteiger partial charge on any atom is 0.273 e. The van der Waals surface area contributed by atoms with Crippen LogP contribution in [0.1, 0.15) is 37.5 Å². The van der Waals surface area contributed by atoms with E-state index < -0.39 is 5.91 Å². The molecule has 27 heavy (non-hydrogen) atoms. The third-order valence-electron chi connectivity index (χ3n) is 3.98. The number of nitrogen functional groups attached to an aromatic ring is 1. The van der Waals surface area contributed by atoms with Crippen molar-refractivity contribution in [3.8, 4) is 0 Å². The van der Waals surface area contributed by atoms with Crippen molar-refractivity contribution in [3.63, 3.8) is 0 Å². The Bertz CT molecular complexity index is 1020. The number of hydrogen-bond donors (Lipinski definition) is 2. The summed E-state index contributed by atoms with van der Waals surface area (Å²) in [4.78, 5) is 24.0. The van der Waals surface area contributed by atoms with Gasteiger partial charge in [0.05, 0.1) is 22.2 Å². The van der Waals surface area contributed by atoms with E-state index in [4.69, 9.17) is 34.7 Å². The number of primary amides is 1. The van der Waals surface area contributed by atoms with Crippen LogP contribution in [0.4, 0.5) is 5.82 Å². The van der Waals surface area contributed by atoms with E-state index in [1.165, 1.54) is 4.68 Å². The molecule has 1 heterocycles. The van der Waals surface area contributed by atoms with E-state index in [0.717, 1.165) is 5.56 Å². The lowest BCUT2D eigenvalue weighted by Crippen LogP contribution is -2.15. The van der Waals surface area contributed by atoms with E-state index in [2.05, 4.69) is 10.3 Å². The number of rotatable bonds is 5. The highest BCUT2D eigenvalue weighted by molar-refractivity contribution is 6.41. The predicted octanol–water partition coefficient (Wildman–Crippen LogP) is 2.85. The van der Waals surface area contributed by atoms with Crippen LogP contribution < -0.4 is 11.5 Å². The summed E-state index contributed by atoms with van der Waals surface area (Å²) in [6, 6.07) is 10.3. The van der Waals surface area contributed by atoms with Crippen molar-refractivity contribution in [2.24, 2.45) is 5.73 Å². The maximum atomic E-state index is 12.7. The second-order valence-electron chi connectivity index (χ2n) is 5.97. The van der Waals surface area contributed by atoms with Crippen molar-refractivity contribution in [2.45, 2.75) is 13.5 Å². The molecule has 3 rings (SSSR count). The molecule has 0 spiro atoms. The highest BCUT2D eigenvalue weighted by Gasteiger charge is 2.19. The molecular weight excluding hydrogens is 389 g/mol. The van der Waals surface area contributed by atoms with Crippen LogP contribution >= 0.6 is 23.2 Å². The number of carbonyl (C=O) groups excluding carboxylic acids is 2. The molecule has 0 fully saturated rings. The van der Waals surface area contributed by atoms with Crippen molar-refractivity contribution in [1.82, 2.24) is 15.0 Å². The Morgan fingerprint density at radius 2 is 1.70 bits per heavy atom. The molecule has 0 unspecified atom stereocenters. The van der Waals surface area contributed by atoms with E-state index in [1.54, 1.807) is 24.3 Å². The normalized spacial score (nSPS) is 10.8. The van der Waals surface area contributed by atoms with E-state index in [-0.39, 0.29) is 39.4 Å². The fraction of sp³-hybridized carbons (Fsp3) is 0.111. The molecule has 0 saturated heterocycles. The van der Waals surface area contributed by atoms with E-state index in [9.17, 15) is 9.59 Å². The number of hydrogen-bond acceptors (Lipinski definition) is 5. The van der Waals surface area contributed by atoms with Crippen molar-refractivity contribution >= 4 is 40.7 Å². The highest BCUT2D eigenvalue weighted by Crippen LogP contribution is 2.29.